The van der Waals surface area contributed by atoms with E-state index in [0.717, 1.165) is 12.3 Å². The third-order valence-corrected chi connectivity index (χ3v) is 5.23. The van der Waals surface area contributed by atoms with Crippen LogP contribution in [0.25, 0.3) is 10.8 Å². The molecule has 1 aliphatic rings. The first-order chi connectivity index (χ1) is 11.5. The summed E-state index contributed by atoms with van der Waals surface area (Å²) in [5, 5.41) is 6.33. The van der Waals surface area contributed by atoms with Crippen LogP contribution in [0.5, 0.6) is 5.75 Å². The first kappa shape index (κ1) is 17.2. The molecular weight excluding hydrogens is 296 g/mol. The Morgan fingerprint density at radius 3 is 2.46 bits per heavy atom. The molecule has 1 aliphatic heterocycles. The number of ether oxygens (including phenoxy) is 1. The van der Waals surface area contributed by atoms with Gasteiger partial charge in [0.05, 0.1) is 7.11 Å². The Morgan fingerprint density at radius 1 is 1.08 bits per heavy atom. The second-order valence-corrected chi connectivity index (χ2v) is 7.78. The minimum Gasteiger partial charge on any atom is -0.496 e. The van der Waals surface area contributed by atoms with Crippen molar-refractivity contribution >= 4 is 10.8 Å². The molecule has 2 aromatic carbocycles. The molecule has 130 valence electrons. The number of fused-ring (bicyclic) bond motifs is 1. The summed E-state index contributed by atoms with van der Waals surface area (Å²) in [5.74, 6) is 0.980. The number of hydrogen-bond acceptors (Lipinski definition) is 3. The van der Waals surface area contributed by atoms with Crippen LogP contribution in [0.4, 0.5) is 0 Å². The summed E-state index contributed by atoms with van der Waals surface area (Å²) in [7, 11) is 1.76. The molecule has 2 aromatic rings. The average molecular weight is 326 g/mol. The fourth-order valence-electron chi connectivity index (χ4n) is 3.69. The maximum atomic E-state index is 5.61. The van der Waals surface area contributed by atoms with Crippen LogP contribution in [0.15, 0.2) is 36.4 Å². The molecule has 24 heavy (non-hydrogen) atoms. The first-order valence-corrected chi connectivity index (χ1v) is 9.02. The van der Waals surface area contributed by atoms with E-state index in [-0.39, 0.29) is 5.54 Å². The van der Waals surface area contributed by atoms with E-state index in [1.807, 2.05) is 0 Å². The van der Waals surface area contributed by atoms with Gasteiger partial charge in [-0.05, 0) is 50.5 Å². The zero-order valence-electron chi connectivity index (χ0n) is 15.4. The Labute approximate surface area is 146 Å². The lowest BCUT2D eigenvalue weighted by Crippen LogP contribution is -2.49. The van der Waals surface area contributed by atoms with Crippen molar-refractivity contribution < 1.29 is 4.74 Å². The van der Waals surface area contributed by atoms with Crippen LogP contribution in [-0.2, 0) is 6.54 Å². The maximum absolute atomic E-state index is 5.61. The van der Waals surface area contributed by atoms with Crippen LogP contribution in [-0.4, -0.2) is 36.7 Å². The number of benzene rings is 2. The number of nitrogens with one attached hydrogen (secondary N) is 1. The molecule has 1 saturated heterocycles. The van der Waals surface area contributed by atoms with Gasteiger partial charge in [-0.25, -0.2) is 0 Å². The van der Waals surface area contributed by atoms with Crippen molar-refractivity contribution in [1.29, 1.82) is 0 Å². The first-order valence-electron chi connectivity index (χ1n) is 9.02. The molecule has 0 amide bonds. The predicted octanol–water partition coefficient (Wildman–Crippen LogP) is 4.20. The van der Waals surface area contributed by atoms with E-state index in [1.54, 1.807) is 7.11 Å². The van der Waals surface area contributed by atoms with Crippen LogP contribution >= 0.6 is 0 Å². The normalized spacial score (nSPS) is 17.3. The van der Waals surface area contributed by atoms with Crippen LogP contribution in [0, 0.1) is 0 Å². The van der Waals surface area contributed by atoms with Gasteiger partial charge in [0, 0.05) is 36.8 Å². The van der Waals surface area contributed by atoms with E-state index >= 15 is 0 Å². The molecule has 0 saturated carbocycles. The highest BCUT2D eigenvalue weighted by Gasteiger charge is 2.26. The van der Waals surface area contributed by atoms with Crippen molar-refractivity contribution in [2.24, 2.45) is 0 Å². The van der Waals surface area contributed by atoms with E-state index in [9.17, 15) is 0 Å². The lowest BCUT2D eigenvalue weighted by atomic mass is 9.97. The quantitative estimate of drug-likeness (QED) is 0.911. The van der Waals surface area contributed by atoms with E-state index in [1.165, 1.54) is 42.3 Å². The number of piperidine rings is 1. The molecule has 0 aromatic heterocycles. The second-order valence-electron chi connectivity index (χ2n) is 7.78. The minimum atomic E-state index is 0.282. The largest absolute Gasteiger partial charge is 0.496 e. The highest BCUT2D eigenvalue weighted by Crippen LogP contribution is 2.28. The highest BCUT2D eigenvalue weighted by atomic mass is 16.5. The molecule has 1 fully saturated rings. The van der Waals surface area contributed by atoms with Crippen molar-refractivity contribution in [2.45, 2.75) is 51.7 Å². The Morgan fingerprint density at radius 2 is 1.79 bits per heavy atom. The summed E-state index contributed by atoms with van der Waals surface area (Å²) >= 11 is 0. The zero-order chi connectivity index (χ0) is 17.2. The van der Waals surface area contributed by atoms with Gasteiger partial charge in [-0.3, -0.25) is 4.90 Å². The Kier molecular flexibility index (Phi) is 5.12. The molecule has 0 aliphatic carbocycles. The molecule has 3 nitrogen and oxygen atoms in total. The van der Waals surface area contributed by atoms with Crippen molar-refractivity contribution in [3.05, 3.63) is 42.0 Å². The fraction of sp³-hybridized carbons (Fsp3) is 0.524. The van der Waals surface area contributed by atoms with Gasteiger partial charge in [0.1, 0.15) is 5.75 Å². The zero-order valence-corrected chi connectivity index (χ0v) is 15.4. The topological polar surface area (TPSA) is 24.5 Å². The van der Waals surface area contributed by atoms with Gasteiger partial charge in [-0.2, -0.15) is 0 Å². The Balaban J connectivity index is 1.68. The average Bonchev–Trinajstić information content (AvgIpc) is 2.59. The van der Waals surface area contributed by atoms with Crippen LogP contribution in [0.1, 0.15) is 39.2 Å². The maximum Gasteiger partial charge on any atom is 0.123 e. The predicted molar refractivity (Wildman–Crippen MR) is 102 cm³/mol. The lowest BCUT2D eigenvalue weighted by molar-refractivity contribution is 0.0960. The van der Waals surface area contributed by atoms with Gasteiger partial charge < -0.3 is 10.1 Å². The number of likely N-dealkylation sites (tertiary alicyclic amines) is 1. The molecule has 0 radical (unpaired) electrons. The standard InChI is InChI=1S/C21H30N2O/c1-21(2,3)23-13-11-17(12-14-23)22-15-19-18-8-6-5-7-16(18)9-10-20(19)24-4/h5-10,17,22H,11-15H2,1-4H3. The molecule has 3 heteroatoms. The van der Waals surface area contributed by atoms with E-state index in [4.69, 9.17) is 4.74 Å². The molecule has 3 rings (SSSR count). The minimum absolute atomic E-state index is 0.282. The van der Waals surface area contributed by atoms with Crippen molar-refractivity contribution in [2.75, 3.05) is 20.2 Å². The number of methoxy groups -OCH3 is 1. The Hall–Kier alpha value is -1.58. The molecule has 1 N–H and O–H groups in total. The van der Waals surface area contributed by atoms with Crippen LogP contribution in [0.3, 0.4) is 0 Å². The van der Waals surface area contributed by atoms with Crippen molar-refractivity contribution in [3.63, 3.8) is 0 Å². The molecular formula is C21H30N2O. The summed E-state index contributed by atoms with van der Waals surface area (Å²) < 4.78 is 5.61. The van der Waals surface area contributed by atoms with Gasteiger partial charge in [0.2, 0.25) is 0 Å². The third-order valence-electron chi connectivity index (χ3n) is 5.23. The number of nitrogens with zero attached hydrogens (tertiary/aromatic N) is 1. The van der Waals surface area contributed by atoms with Gasteiger partial charge >= 0.3 is 0 Å². The van der Waals surface area contributed by atoms with E-state index < -0.39 is 0 Å². The second kappa shape index (κ2) is 7.12. The molecule has 0 spiro atoms. The summed E-state index contributed by atoms with van der Waals surface area (Å²) in [5.41, 5.74) is 1.55. The van der Waals surface area contributed by atoms with Crippen molar-refractivity contribution in [1.82, 2.24) is 10.2 Å². The molecule has 0 unspecified atom stereocenters. The van der Waals surface area contributed by atoms with Crippen LogP contribution in [0.2, 0.25) is 0 Å². The number of hydrogen-bond donors (Lipinski definition) is 1. The smallest absolute Gasteiger partial charge is 0.123 e. The van der Waals surface area contributed by atoms with E-state index in [0.29, 0.717) is 6.04 Å². The van der Waals surface area contributed by atoms with E-state index in [2.05, 4.69) is 67.4 Å². The summed E-state index contributed by atoms with van der Waals surface area (Å²) in [6.45, 7) is 10.1. The SMILES string of the molecule is COc1ccc2ccccc2c1CNC1CCN(C(C)(C)C)CC1. The summed E-state index contributed by atoms with van der Waals surface area (Å²) in [6.07, 6.45) is 2.43. The van der Waals surface area contributed by atoms with Gasteiger partial charge in [0.15, 0.2) is 0 Å². The summed E-state index contributed by atoms with van der Waals surface area (Å²) in [4.78, 5) is 2.59. The van der Waals surface area contributed by atoms with Crippen molar-refractivity contribution in [3.8, 4) is 5.75 Å². The van der Waals surface area contributed by atoms with Crippen LogP contribution < -0.4 is 10.1 Å². The molecule has 1 heterocycles. The third kappa shape index (κ3) is 3.73. The van der Waals surface area contributed by atoms with Gasteiger partial charge in [-0.1, -0.05) is 30.3 Å². The lowest BCUT2D eigenvalue weighted by Gasteiger charge is -2.41. The molecule has 0 atom stereocenters. The molecule has 0 bridgehead atoms. The fourth-order valence-corrected chi connectivity index (χ4v) is 3.69. The summed E-state index contributed by atoms with van der Waals surface area (Å²) in [6, 6.07) is 13.4. The van der Waals surface area contributed by atoms with Gasteiger partial charge in [0.25, 0.3) is 0 Å². The Bertz CT molecular complexity index is 682. The highest BCUT2D eigenvalue weighted by molar-refractivity contribution is 5.87. The number of rotatable bonds is 4. The monoisotopic (exact) mass is 326 g/mol. The van der Waals surface area contributed by atoms with Gasteiger partial charge in [-0.15, -0.1) is 0 Å².